The second-order valence-corrected chi connectivity index (χ2v) is 38.1. The first-order chi connectivity index (χ1) is 62.0. The highest BCUT2D eigenvalue weighted by atomic mass is 79.9. The fourth-order valence-electron chi connectivity index (χ4n) is 14.0. The molecule has 21 nitrogen and oxygen atoms in total. The van der Waals surface area contributed by atoms with Gasteiger partial charge >= 0.3 is 31.5 Å². The van der Waals surface area contributed by atoms with Gasteiger partial charge < -0.3 is 28.3 Å². The Morgan fingerprint density at radius 2 is 0.721 bits per heavy atom. The number of nitrogens with zero attached hydrogens (tertiary/aromatic N) is 8. The number of anilines is 4. The molecule has 0 aliphatic carbocycles. The molecule has 0 saturated carbocycles. The number of carbonyl (C=O) groups is 4. The molecule has 5 atom stereocenters. The molecule has 5 saturated heterocycles. The predicted molar refractivity (Wildman–Crippen MR) is 500 cm³/mol. The number of cyclic esters (lactones) is 4. The molecule has 1 unspecified atom stereocenters. The third kappa shape index (κ3) is 24.7. The van der Waals surface area contributed by atoms with Gasteiger partial charge in [-0.2, -0.15) is 0 Å². The summed E-state index contributed by atoms with van der Waals surface area (Å²) in [4.78, 5) is 72.8. The van der Waals surface area contributed by atoms with E-state index >= 15 is 0 Å². The topological polar surface area (TPSA) is 239 Å². The van der Waals surface area contributed by atoms with Crippen LogP contribution in [0.4, 0.5) is 59.5 Å². The van der Waals surface area contributed by atoms with E-state index in [2.05, 4.69) is 60.1 Å². The Balaban J connectivity index is 0.000000140. The highest BCUT2D eigenvalue weighted by Crippen LogP contribution is 2.40. The van der Waals surface area contributed by atoms with Gasteiger partial charge in [-0.15, -0.1) is 23.5 Å². The molecule has 5 aliphatic rings. The number of hydrogen-bond donors (Lipinski definition) is 0. The van der Waals surface area contributed by atoms with Crippen molar-refractivity contribution in [1.29, 1.82) is 0 Å². The van der Waals surface area contributed by atoms with E-state index in [1.807, 2.05) is 140 Å². The SMILES string of the molecule is Brc1ccc(SCc2ccncc2)cc1.CC[C@H]1CN(c2ccc(-c3ccc(S(=O)(=O)Cc4ccncc4)cc3)c(F)c2)C(=O)O1.CC[C@H]1CN(c2ccc(-c3ccc(S(=O)Cc4ccncc4)cc3)c(F)c2)C(=O)O1.CC[C@H]1CN(c2ccc(-c3ccc(SCc4ccncc4)cc3)c(F)c2)C(=O)O1.CC[C@H]1CN(c2ccc(B3OC(C)(C)C(C)(C)O3)c(F)c2)C(=O)O1. The van der Waals surface area contributed by atoms with E-state index in [4.69, 9.17) is 28.3 Å². The van der Waals surface area contributed by atoms with E-state index in [-0.39, 0.29) is 40.9 Å². The van der Waals surface area contributed by atoms with Crippen molar-refractivity contribution in [2.75, 3.05) is 45.8 Å². The molecule has 31 heteroatoms. The Bertz CT molecular complexity index is 5990. The molecular formula is C98H96BBrF4N8O13S4. The van der Waals surface area contributed by atoms with Crippen LogP contribution in [0.3, 0.4) is 0 Å². The van der Waals surface area contributed by atoms with Gasteiger partial charge in [0.15, 0.2) is 9.84 Å². The number of rotatable bonds is 24. The van der Waals surface area contributed by atoms with Crippen molar-refractivity contribution in [3.63, 3.8) is 0 Å². The third-order valence-electron chi connectivity index (χ3n) is 22.3. The molecule has 668 valence electrons. The summed E-state index contributed by atoms with van der Waals surface area (Å²) in [5, 5.41) is 0. The van der Waals surface area contributed by atoms with Crippen LogP contribution in [0.2, 0.25) is 0 Å². The van der Waals surface area contributed by atoms with Gasteiger partial charge in [0.2, 0.25) is 0 Å². The van der Waals surface area contributed by atoms with E-state index in [0.717, 1.165) is 51.3 Å². The monoisotopic (exact) mass is 1890 g/mol. The number of thioether (sulfide) groups is 2. The Kier molecular flexibility index (Phi) is 32.2. The Morgan fingerprint density at radius 3 is 1.05 bits per heavy atom. The summed E-state index contributed by atoms with van der Waals surface area (Å²) < 4.78 is 131. The van der Waals surface area contributed by atoms with Crippen LogP contribution in [0.15, 0.2) is 292 Å². The largest absolute Gasteiger partial charge is 0.497 e. The zero-order valence-corrected chi connectivity index (χ0v) is 77.0. The van der Waals surface area contributed by atoms with E-state index in [1.54, 1.807) is 146 Å². The Morgan fingerprint density at radius 1 is 0.411 bits per heavy atom. The lowest BCUT2D eigenvalue weighted by molar-refractivity contribution is 0.00578. The summed E-state index contributed by atoms with van der Waals surface area (Å²) in [6.07, 6.45) is 14.1. The number of carbonyl (C=O) groups excluding carboxylic acids is 4. The zero-order valence-electron chi connectivity index (χ0n) is 72.2. The van der Waals surface area contributed by atoms with Crippen molar-refractivity contribution in [3.05, 3.63) is 318 Å². The Labute approximate surface area is 768 Å². The first-order valence-corrected chi connectivity index (χ1v) is 47.7. The average Bonchev–Trinajstić information content (AvgIpc) is 1.60. The molecule has 4 aromatic heterocycles. The lowest BCUT2D eigenvalue weighted by Crippen LogP contribution is -2.41. The number of benzene rings is 8. The number of pyridine rings is 4. The van der Waals surface area contributed by atoms with Gasteiger partial charge in [0.25, 0.3) is 0 Å². The van der Waals surface area contributed by atoms with E-state index < -0.39 is 80.8 Å². The van der Waals surface area contributed by atoms with E-state index in [9.17, 15) is 49.4 Å². The summed E-state index contributed by atoms with van der Waals surface area (Å²) in [6, 6.07) is 63.2. The smallest absolute Gasteiger partial charge is 0.444 e. The van der Waals surface area contributed by atoms with Crippen molar-refractivity contribution in [3.8, 4) is 33.4 Å². The molecule has 5 fully saturated rings. The average molecular weight is 1890 g/mol. The van der Waals surface area contributed by atoms with Crippen LogP contribution in [0, 0.1) is 23.3 Å². The first-order valence-electron chi connectivity index (χ1n) is 42.0. The molecule has 0 N–H and O–H groups in total. The number of sulfone groups is 1. The van der Waals surface area contributed by atoms with Crippen LogP contribution in [-0.4, -0.2) is 126 Å². The van der Waals surface area contributed by atoms with Crippen LogP contribution in [-0.2, 0) is 71.9 Å². The second kappa shape index (κ2) is 43.7. The quantitative estimate of drug-likeness (QED) is 0.0236. The molecular weight excluding hydrogens is 1790 g/mol. The van der Waals surface area contributed by atoms with Gasteiger partial charge in [-0.1, -0.05) is 86.1 Å². The van der Waals surface area contributed by atoms with Crippen molar-refractivity contribution >= 4 is 120 Å². The minimum absolute atomic E-state index is 0.136. The van der Waals surface area contributed by atoms with Gasteiger partial charge in [0.05, 0.1) is 87.3 Å². The van der Waals surface area contributed by atoms with Crippen LogP contribution in [0.1, 0.15) is 103 Å². The lowest BCUT2D eigenvalue weighted by atomic mass is 9.78. The van der Waals surface area contributed by atoms with Crippen LogP contribution in [0.5, 0.6) is 0 Å². The standard InChI is InChI=1S/C23H21FN2O4S.C23H21FN2O3S.C23H21FN2O2S.C17H23BFNO4.C12H10BrNS/c1-2-19-14-26(23(27)30-19)18-5-8-21(22(24)13-18)17-3-6-20(7-4-17)31(28,29)15-16-9-11-25-12-10-16;1-2-19-14-26(23(27)29-19)18-5-8-21(22(24)13-18)17-3-6-20(7-4-17)30(28)15-16-9-11-25-12-10-16;1-2-19-14-26(23(27)28-19)18-5-8-21(22(24)13-18)17-3-6-20(7-4-17)29-15-16-9-11-25-12-10-16;1-6-12-10-20(15(21)22-12)11-7-8-13(14(19)9-11)18-23-16(2,3)17(4,5)24-18;13-11-1-3-12(4-2-11)15-9-10-5-7-14-8-6-10/h3-13,19H,2,14-15H2,1H3;3-13,19H,2,14-15H2,1H3;3-13,19H,2,14-15H2,1H3;7-9,12H,6,10H2,1-5H3;1-8H,9H2/t19-;19-,30?;19-;12-;/m0000./s1. The van der Waals surface area contributed by atoms with Crippen LogP contribution in [0.25, 0.3) is 33.4 Å². The van der Waals surface area contributed by atoms with E-state index in [1.165, 1.54) is 72.0 Å². The minimum Gasteiger partial charge on any atom is -0.444 e. The van der Waals surface area contributed by atoms with Gasteiger partial charge in [0.1, 0.15) is 47.7 Å². The number of aromatic nitrogens is 4. The number of amides is 4. The summed E-state index contributed by atoms with van der Waals surface area (Å²) in [7, 11) is -5.50. The highest BCUT2D eigenvalue weighted by Gasteiger charge is 2.53. The molecule has 8 aromatic carbocycles. The summed E-state index contributed by atoms with van der Waals surface area (Å²) in [6.45, 7) is 17.2. The highest BCUT2D eigenvalue weighted by molar-refractivity contribution is 9.10. The number of ether oxygens (including phenoxy) is 4. The van der Waals surface area contributed by atoms with E-state index in [0.29, 0.717) is 105 Å². The van der Waals surface area contributed by atoms with Crippen LogP contribution >= 0.6 is 39.5 Å². The van der Waals surface area contributed by atoms with Crippen molar-refractivity contribution < 1.29 is 77.6 Å². The van der Waals surface area contributed by atoms with Crippen molar-refractivity contribution in [2.24, 2.45) is 0 Å². The molecule has 0 spiro atoms. The normalized spacial score (nSPS) is 17.4. The molecule has 4 amide bonds. The number of halogens is 5. The molecule has 9 heterocycles. The first kappa shape index (κ1) is 95.0. The molecule has 0 bridgehead atoms. The molecule has 129 heavy (non-hydrogen) atoms. The summed E-state index contributed by atoms with van der Waals surface area (Å²) >= 11 is 6.98. The van der Waals surface area contributed by atoms with Crippen LogP contribution < -0.4 is 25.1 Å². The van der Waals surface area contributed by atoms with Crippen molar-refractivity contribution in [1.82, 2.24) is 19.9 Å². The summed E-state index contributed by atoms with van der Waals surface area (Å²) in [5.41, 5.74) is 8.56. The maximum atomic E-state index is 14.8. The lowest BCUT2D eigenvalue weighted by Gasteiger charge is -2.32. The molecule has 12 aromatic rings. The minimum atomic E-state index is -3.53. The maximum Gasteiger partial charge on any atom is 0.497 e. The van der Waals surface area contributed by atoms with Crippen molar-refractivity contribution in [2.45, 2.75) is 159 Å². The fourth-order valence-corrected chi connectivity index (χ4v) is 18.4. The molecule has 0 radical (unpaired) electrons. The molecule has 17 rings (SSSR count). The maximum absolute atomic E-state index is 14.8. The van der Waals surface area contributed by atoms with Gasteiger partial charge in [0, 0.05) is 102 Å². The third-order valence-corrected chi connectivity index (χ3v) is 28.1. The Hall–Kier alpha value is -11.6. The second-order valence-electron chi connectivity index (χ2n) is 31.7. The predicted octanol–water partition coefficient (Wildman–Crippen LogP) is 22.4. The fraction of sp³-hybridized carbons (Fsp3) is 0.265. The van der Waals surface area contributed by atoms with Gasteiger partial charge in [-0.25, -0.2) is 45.2 Å². The van der Waals surface area contributed by atoms with Gasteiger partial charge in [-0.05, 0) is 268 Å². The van der Waals surface area contributed by atoms with Gasteiger partial charge in [-0.3, -0.25) is 43.7 Å². The summed E-state index contributed by atoms with van der Waals surface area (Å²) in [5.74, 6) is 0.368. The molecule has 5 aliphatic heterocycles. The number of hydrogen-bond acceptors (Lipinski definition) is 19. The zero-order chi connectivity index (χ0) is 91.5.